The summed E-state index contributed by atoms with van der Waals surface area (Å²) in [6.07, 6.45) is 8.57. The Morgan fingerprint density at radius 1 is 1.10 bits per heavy atom. The summed E-state index contributed by atoms with van der Waals surface area (Å²) in [7, 11) is 0. The molecular weight excluding hydrogens is 616 g/mol. The molecule has 11 heteroatoms. The van der Waals surface area contributed by atoms with Crippen molar-refractivity contribution in [2.24, 2.45) is 0 Å². The van der Waals surface area contributed by atoms with E-state index in [0.29, 0.717) is 49.2 Å². The van der Waals surface area contributed by atoms with Crippen LogP contribution in [0.25, 0.3) is 22.2 Å². The fraction of sp³-hybridized carbons (Fsp3) is 0.270. The molecule has 4 heterocycles. The number of hydrogen-bond donors (Lipinski definition) is 2. The second-order valence-electron chi connectivity index (χ2n) is 12.8. The number of aliphatic carboxylic acids is 1. The van der Waals surface area contributed by atoms with Gasteiger partial charge in [-0.3, -0.25) is 14.2 Å². The number of carboxylic acids is 1. The van der Waals surface area contributed by atoms with Gasteiger partial charge in [0.25, 0.3) is 0 Å². The maximum Gasteiger partial charge on any atom is 0.303 e. The van der Waals surface area contributed by atoms with Gasteiger partial charge < -0.3 is 19.6 Å². The van der Waals surface area contributed by atoms with E-state index in [1.165, 1.54) is 24.3 Å². The molecular formula is C37H35F2N5O4. The van der Waals surface area contributed by atoms with Gasteiger partial charge >= 0.3 is 5.97 Å². The Bertz CT molecular complexity index is 2110. The summed E-state index contributed by atoms with van der Waals surface area (Å²) in [6.45, 7) is 4.87. The molecule has 1 aliphatic rings. The van der Waals surface area contributed by atoms with Crippen molar-refractivity contribution < 1.29 is 28.2 Å². The van der Waals surface area contributed by atoms with E-state index in [0.717, 1.165) is 22.1 Å². The molecule has 9 nitrogen and oxygen atoms in total. The number of aromatic amines is 1. The summed E-state index contributed by atoms with van der Waals surface area (Å²) in [5.74, 6) is -1.58. The first-order valence-electron chi connectivity index (χ1n) is 15.9. The van der Waals surface area contributed by atoms with Crippen LogP contribution in [0.1, 0.15) is 55.0 Å². The average Bonchev–Trinajstić information content (AvgIpc) is 3.82. The van der Waals surface area contributed by atoms with E-state index in [-0.39, 0.29) is 29.5 Å². The molecule has 0 fully saturated rings. The van der Waals surface area contributed by atoms with Crippen LogP contribution in [-0.4, -0.2) is 47.8 Å². The molecule has 6 aromatic rings. The molecule has 0 saturated heterocycles. The first-order chi connectivity index (χ1) is 23.1. The van der Waals surface area contributed by atoms with Crippen LogP contribution in [0.2, 0.25) is 0 Å². The second-order valence-corrected chi connectivity index (χ2v) is 12.8. The first-order valence-corrected chi connectivity index (χ1v) is 15.9. The lowest BCUT2D eigenvalue weighted by atomic mass is 9.99. The minimum atomic E-state index is -0.860. The van der Waals surface area contributed by atoms with Gasteiger partial charge in [-0.05, 0) is 73.7 Å². The Balaban J connectivity index is 1.32. The van der Waals surface area contributed by atoms with Crippen LogP contribution >= 0.6 is 0 Å². The minimum Gasteiger partial charge on any atom is -0.481 e. The Kier molecular flexibility index (Phi) is 8.30. The van der Waals surface area contributed by atoms with Crippen molar-refractivity contribution in [1.29, 1.82) is 0 Å². The fourth-order valence-corrected chi connectivity index (χ4v) is 6.38. The molecule has 48 heavy (non-hydrogen) atoms. The number of H-pyrrole nitrogens is 1. The predicted octanol–water partition coefficient (Wildman–Crippen LogP) is 7.69. The highest BCUT2D eigenvalue weighted by Crippen LogP contribution is 2.38. The molecule has 7 rings (SSSR count). The van der Waals surface area contributed by atoms with Gasteiger partial charge in [-0.15, -0.1) is 0 Å². The third-order valence-electron chi connectivity index (χ3n) is 8.69. The molecule has 3 aromatic carbocycles. The lowest BCUT2D eigenvalue weighted by Gasteiger charge is -2.27. The van der Waals surface area contributed by atoms with Crippen molar-refractivity contribution >= 4 is 16.9 Å². The van der Waals surface area contributed by atoms with Crippen molar-refractivity contribution in [2.75, 3.05) is 6.61 Å². The van der Waals surface area contributed by atoms with Gasteiger partial charge in [0.05, 0.1) is 30.1 Å². The molecule has 1 atom stereocenters. The summed E-state index contributed by atoms with van der Waals surface area (Å²) < 4.78 is 47.3. The number of fused-ring (bicyclic) bond motifs is 10. The highest BCUT2D eigenvalue weighted by Gasteiger charge is 2.25. The van der Waals surface area contributed by atoms with Gasteiger partial charge in [0.15, 0.2) is 11.6 Å². The first kappa shape index (κ1) is 31.3. The Morgan fingerprint density at radius 2 is 1.98 bits per heavy atom. The maximum absolute atomic E-state index is 15.7. The smallest absolute Gasteiger partial charge is 0.303 e. The van der Waals surface area contributed by atoms with Crippen molar-refractivity contribution in [1.82, 2.24) is 24.5 Å². The van der Waals surface area contributed by atoms with E-state index in [9.17, 15) is 9.90 Å². The molecule has 0 spiro atoms. The highest BCUT2D eigenvalue weighted by molar-refractivity contribution is 5.86. The van der Waals surface area contributed by atoms with Gasteiger partial charge in [0.2, 0.25) is 0 Å². The molecule has 3 aromatic heterocycles. The Morgan fingerprint density at radius 3 is 2.83 bits per heavy atom. The van der Waals surface area contributed by atoms with Crippen LogP contribution in [0.15, 0.2) is 85.5 Å². The minimum absolute atomic E-state index is 0.0224. The number of carboxylic acid groups (broad SMARTS) is 1. The number of benzene rings is 3. The van der Waals surface area contributed by atoms with Crippen LogP contribution in [0.4, 0.5) is 8.78 Å². The Labute approximate surface area is 275 Å². The SMILES string of the molecule is CC1(C)Cn2cc(cn2)Cc2c(c(F)cc3[nH]ccc23)Oc2ccc(F)c(c2)-c2ccn(n2)C(c2cccc(CCC(=O)O)c2)CCO1. The van der Waals surface area contributed by atoms with Crippen molar-refractivity contribution in [3.63, 3.8) is 0 Å². The largest absolute Gasteiger partial charge is 0.481 e. The normalized spacial score (nSPS) is 16.4. The van der Waals surface area contributed by atoms with Crippen LogP contribution in [-0.2, 0) is 28.9 Å². The van der Waals surface area contributed by atoms with Gasteiger partial charge in [0.1, 0.15) is 11.6 Å². The van der Waals surface area contributed by atoms with Crippen molar-refractivity contribution in [3.8, 4) is 22.8 Å². The summed E-state index contributed by atoms with van der Waals surface area (Å²) in [4.78, 5) is 14.3. The van der Waals surface area contributed by atoms with Crippen LogP contribution in [0, 0.1) is 11.6 Å². The molecule has 0 radical (unpaired) electrons. The molecule has 2 N–H and O–H groups in total. The number of nitrogens with zero attached hydrogens (tertiary/aromatic N) is 4. The number of ether oxygens (including phenoxy) is 2. The summed E-state index contributed by atoms with van der Waals surface area (Å²) in [6, 6.07) is 16.8. The van der Waals surface area contributed by atoms with Gasteiger partial charge in [-0.2, -0.15) is 10.2 Å². The number of rotatable bonds is 4. The molecule has 1 unspecified atom stereocenters. The van der Waals surface area contributed by atoms with Gasteiger partial charge in [-0.1, -0.05) is 24.3 Å². The number of nitrogens with one attached hydrogen (secondary N) is 1. The zero-order chi connectivity index (χ0) is 33.4. The molecule has 0 saturated carbocycles. The lowest BCUT2D eigenvalue weighted by molar-refractivity contribution is -0.136. The molecule has 6 bridgehead atoms. The zero-order valence-corrected chi connectivity index (χ0v) is 26.6. The molecule has 0 amide bonds. The predicted molar refractivity (Wildman–Crippen MR) is 176 cm³/mol. The number of carbonyl (C=O) groups is 1. The third kappa shape index (κ3) is 6.59. The number of halogens is 2. The second kappa shape index (κ2) is 12.7. The number of aromatic nitrogens is 5. The Hall–Kier alpha value is -5.29. The van der Waals surface area contributed by atoms with Crippen molar-refractivity contribution in [2.45, 2.75) is 57.7 Å². The summed E-state index contributed by atoms with van der Waals surface area (Å²) in [5, 5.41) is 19.4. The van der Waals surface area contributed by atoms with E-state index in [1.807, 2.05) is 55.1 Å². The highest BCUT2D eigenvalue weighted by atomic mass is 19.1. The molecule has 0 aliphatic carbocycles. The molecule has 1 aliphatic heterocycles. The standard InChI is InChI=1S/C37H35F2N5O4/c1-37(2)22-43-21-24(20-41-43)17-28-27-10-13-40-33(27)19-31(39)36(28)48-26-7-8-30(38)29(18-26)32-11-14-44(42-32)34(12-15-47-37)25-5-3-4-23(16-25)6-9-35(45)46/h3-5,7-8,10-11,13-14,16,18-21,34,40H,6,9,12,15,17,22H2,1-2H3,(H,45,46). The maximum atomic E-state index is 15.7. The average molecular weight is 652 g/mol. The van der Waals surface area contributed by atoms with Gasteiger partial charge in [-0.25, -0.2) is 8.78 Å². The number of hydrogen-bond acceptors (Lipinski definition) is 5. The molecule has 246 valence electrons. The van der Waals surface area contributed by atoms with E-state index in [4.69, 9.17) is 14.6 Å². The van der Waals surface area contributed by atoms with Crippen LogP contribution in [0.3, 0.4) is 0 Å². The topological polar surface area (TPSA) is 107 Å². The van der Waals surface area contributed by atoms with Gasteiger partial charge in [0, 0.05) is 66.1 Å². The van der Waals surface area contributed by atoms with E-state index in [1.54, 1.807) is 29.3 Å². The third-order valence-corrected chi connectivity index (χ3v) is 8.69. The number of aryl methyl sites for hydroxylation is 1. The van der Waals surface area contributed by atoms with Crippen molar-refractivity contribution in [3.05, 3.63) is 119 Å². The summed E-state index contributed by atoms with van der Waals surface area (Å²) >= 11 is 0. The fourth-order valence-electron chi connectivity index (χ4n) is 6.38. The van der Waals surface area contributed by atoms with E-state index < -0.39 is 23.2 Å². The van der Waals surface area contributed by atoms with Crippen LogP contribution < -0.4 is 4.74 Å². The van der Waals surface area contributed by atoms with Crippen LogP contribution in [0.5, 0.6) is 11.5 Å². The lowest BCUT2D eigenvalue weighted by Crippen LogP contribution is -2.32. The zero-order valence-electron chi connectivity index (χ0n) is 26.6. The quantitative estimate of drug-likeness (QED) is 0.202. The van der Waals surface area contributed by atoms with E-state index in [2.05, 4.69) is 10.1 Å². The monoisotopic (exact) mass is 651 g/mol. The van der Waals surface area contributed by atoms with E-state index >= 15 is 8.78 Å². The summed E-state index contributed by atoms with van der Waals surface area (Å²) in [5.41, 5.74) is 3.99.